The second-order valence-electron chi connectivity index (χ2n) is 4.18. The highest BCUT2D eigenvalue weighted by Crippen LogP contribution is 2.24. The van der Waals surface area contributed by atoms with E-state index in [0.29, 0.717) is 17.3 Å². The zero-order valence-corrected chi connectivity index (χ0v) is 12.9. The van der Waals surface area contributed by atoms with Crippen LogP contribution in [0.15, 0.2) is 33.6 Å². The lowest BCUT2D eigenvalue weighted by Crippen LogP contribution is -2.50. The molecule has 0 atom stereocenters. The van der Waals surface area contributed by atoms with Crippen LogP contribution >= 0.6 is 15.9 Å². The highest BCUT2D eigenvalue weighted by Gasteiger charge is 2.32. The third kappa shape index (κ3) is 3.32. The summed E-state index contributed by atoms with van der Waals surface area (Å²) in [5, 5.41) is 9.42. The lowest BCUT2D eigenvalue weighted by molar-refractivity contribution is 0.172. The third-order valence-corrected chi connectivity index (χ3v) is 5.72. The molecule has 0 heterocycles. The summed E-state index contributed by atoms with van der Waals surface area (Å²) < 4.78 is 27.7. The average molecular weight is 336 g/mol. The molecular formula is C12H18BrNO3S. The van der Waals surface area contributed by atoms with Gasteiger partial charge in [0, 0.05) is 4.47 Å². The molecule has 0 bridgehead atoms. The number of halogens is 1. The Kier molecular flexibility index (Phi) is 5.33. The van der Waals surface area contributed by atoms with E-state index in [4.69, 9.17) is 0 Å². The summed E-state index contributed by atoms with van der Waals surface area (Å²) in [6.45, 7) is 3.48. The summed E-state index contributed by atoms with van der Waals surface area (Å²) in [5.74, 6) is 0. The molecule has 4 nitrogen and oxygen atoms in total. The molecule has 0 unspecified atom stereocenters. The van der Waals surface area contributed by atoms with E-state index in [2.05, 4.69) is 20.7 Å². The molecule has 0 aliphatic carbocycles. The SMILES string of the molecule is CCC(CC)(CO)NS(=O)(=O)c1ccccc1Br. The summed E-state index contributed by atoms with van der Waals surface area (Å²) in [5.41, 5.74) is -0.798. The topological polar surface area (TPSA) is 66.4 Å². The summed E-state index contributed by atoms with van der Waals surface area (Å²) in [6.07, 6.45) is 1.06. The van der Waals surface area contributed by atoms with Gasteiger partial charge in [-0.05, 0) is 40.9 Å². The van der Waals surface area contributed by atoms with Crippen molar-refractivity contribution in [2.75, 3.05) is 6.61 Å². The molecule has 0 saturated carbocycles. The largest absolute Gasteiger partial charge is 0.394 e. The van der Waals surface area contributed by atoms with Crippen molar-refractivity contribution in [2.24, 2.45) is 0 Å². The number of sulfonamides is 1. The Morgan fingerprint density at radius 1 is 1.28 bits per heavy atom. The van der Waals surface area contributed by atoms with Crippen LogP contribution in [0.4, 0.5) is 0 Å². The first kappa shape index (κ1) is 15.6. The molecule has 0 amide bonds. The Balaban J connectivity index is 3.13. The van der Waals surface area contributed by atoms with Gasteiger partial charge in [0.05, 0.1) is 17.0 Å². The Bertz CT molecular complexity index is 490. The third-order valence-electron chi connectivity index (χ3n) is 3.13. The van der Waals surface area contributed by atoms with Crippen molar-refractivity contribution in [3.63, 3.8) is 0 Å². The second-order valence-corrected chi connectivity index (χ2v) is 6.69. The van der Waals surface area contributed by atoms with Crippen LogP contribution < -0.4 is 4.72 Å². The van der Waals surface area contributed by atoms with Gasteiger partial charge in [0.1, 0.15) is 0 Å². The fourth-order valence-electron chi connectivity index (χ4n) is 1.65. The zero-order valence-electron chi connectivity index (χ0n) is 10.5. The van der Waals surface area contributed by atoms with E-state index < -0.39 is 15.6 Å². The first-order chi connectivity index (χ1) is 8.40. The van der Waals surface area contributed by atoms with E-state index in [0.717, 1.165) is 0 Å². The Hall–Kier alpha value is -0.430. The molecule has 1 rings (SSSR count). The van der Waals surface area contributed by atoms with Crippen LogP contribution in [-0.2, 0) is 10.0 Å². The Labute approximate surface area is 117 Å². The number of hydrogen-bond acceptors (Lipinski definition) is 3. The summed E-state index contributed by atoms with van der Waals surface area (Å²) in [6, 6.07) is 6.62. The zero-order chi connectivity index (χ0) is 13.8. The van der Waals surface area contributed by atoms with E-state index in [9.17, 15) is 13.5 Å². The average Bonchev–Trinajstić information content (AvgIpc) is 2.36. The standard InChI is InChI=1S/C12H18BrNO3S/c1-3-12(4-2,9-15)14-18(16,17)11-8-6-5-7-10(11)13/h5-8,14-15H,3-4,9H2,1-2H3. The van der Waals surface area contributed by atoms with Crippen molar-refractivity contribution in [2.45, 2.75) is 37.1 Å². The minimum absolute atomic E-state index is 0.185. The smallest absolute Gasteiger partial charge is 0.242 e. The van der Waals surface area contributed by atoms with E-state index in [1.165, 1.54) is 6.07 Å². The van der Waals surface area contributed by atoms with Gasteiger partial charge in [0.2, 0.25) is 10.0 Å². The van der Waals surface area contributed by atoms with Crippen molar-refractivity contribution in [3.8, 4) is 0 Å². The second kappa shape index (κ2) is 6.14. The van der Waals surface area contributed by atoms with Crippen LogP contribution in [0.25, 0.3) is 0 Å². The molecule has 2 N–H and O–H groups in total. The lowest BCUT2D eigenvalue weighted by atomic mass is 9.96. The Morgan fingerprint density at radius 2 is 1.83 bits per heavy atom. The molecule has 0 saturated heterocycles. The van der Waals surface area contributed by atoms with E-state index in [1.54, 1.807) is 18.2 Å². The molecule has 6 heteroatoms. The molecule has 0 aliphatic rings. The molecule has 0 spiro atoms. The Morgan fingerprint density at radius 3 is 2.28 bits per heavy atom. The van der Waals surface area contributed by atoms with Crippen molar-refractivity contribution in [3.05, 3.63) is 28.7 Å². The van der Waals surface area contributed by atoms with E-state index in [1.807, 2.05) is 13.8 Å². The number of aliphatic hydroxyl groups is 1. The summed E-state index contributed by atoms with van der Waals surface area (Å²) in [7, 11) is -3.64. The van der Waals surface area contributed by atoms with E-state index >= 15 is 0 Å². The van der Waals surface area contributed by atoms with Crippen molar-refractivity contribution in [1.82, 2.24) is 4.72 Å². The molecule has 0 aromatic heterocycles. The molecule has 0 aliphatic heterocycles. The predicted octanol–water partition coefficient (Wildman–Crippen LogP) is 2.28. The number of aliphatic hydroxyl groups excluding tert-OH is 1. The van der Waals surface area contributed by atoms with Gasteiger partial charge in [-0.25, -0.2) is 13.1 Å². The maximum atomic E-state index is 12.3. The molecule has 1 aromatic carbocycles. The normalized spacial score (nSPS) is 12.7. The van der Waals surface area contributed by atoms with Crippen LogP contribution in [0.5, 0.6) is 0 Å². The molecule has 102 valence electrons. The van der Waals surface area contributed by atoms with Crippen LogP contribution in [-0.4, -0.2) is 25.7 Å². The molecule has 1 aromatic rings. The van der Waals surface area contributed by atoms with Gasteiger partial charge in [-0.1, -0.05) is 26.0 Å². The molecule has 18 heavy (non-hydrogen) atoms. The fraction of sp³-hybridized carbons (Fsp3) is 0.500. The van der Waals surface area contributed by atoms with Gasteiger partial charge in [0.25, 0.3) is 0 Å². The minimum atomic E-state index is -3.64. The van der Waals surface area contributed by atoms with Crippen LogP contribution in [0.1, 0.15) is 26.7 Å². The van der Waals surface area contributed by atoms with E-state index in [-0.39, 0.29) is 11.5 Å². The monoisotopic (exact) mass is 335 g/mol. The maximum Gasteiger partial charge on any atom is 0.242 e. The van der Waals surface area contributed by atoms with Gasteiger partial charge in [-0.2, -0.15) is 0 Å². The van der Waals surface area contributed by atoms with Crippen molar-refractivity contribution >= 4 is 26.0 Å². The van der Waals surface area contributed by atoms with Gasteiger partial charge >= 0.3 is 0 Å². The van der Waals surface area contributed by atoms with Gasteiger partial charge in [-0.3, -0.25) is 0 Å². The van der Waals surface area contributed by atoms with Crippen LogP contribution in [0.3, 0.4) is 0 Å². The predicted molar refractivity (Wildman–Crippen MR) is 74.9 cm³/mol. The summed E-state index contributed by atoms with van der Waals surface area (Å²) >= 11 is 3.22. The quantitative estimate of drug-likeness (QED) is 0.838. The van der Waals surface area contributed by atoms with Gasteiger partial charge in [0.15, 0.2) is 0 Å². The number of hydrogen-bond donors (Lipinski definition) is 2. The maximum absolute atomic E-state index is 12.3. The first-order valence-electron chi connectivity index (χ1n) is 5.80. The summed E-state index contributed by atoms with van der Waals surface area (Å²) in [4.78, 5) is 0.185. The molecule has 0 fully saturated rings. The van der Waals surface area contributed by atoms with Gasteiger partial charge in [-0.15, -0.1) is 0 Å². The highest BCUT2D eigenvalue weighted by atomic mass is 79.9. The fourth-order valence-corrected chi connectivity index (χ4v) is 4.19. The number of nitrogens with one attached hydrogen (secondary N) is 1. The molecular weight excluding hydrogens is 318 g/mol. The number of rotatable bonds is 6. The lowest BCUT2D eigenvalue weighted by Gasteiger charge is -2.30. The van der Waals surface area contributed by atoms with Crippen molar-refractivity contribution < 1.29 is 13.5 Å². The van der Waals surface area contributed by atoms with Gasteiger partial charge < -0.3 is 5.11 Å². The van der Waals surface area contributed by atoms with Crippen molar-refractivity contribution in [1.29, 1.82) is 0 Å². The highest BCUT2D eigenvalue weighted by molar-refractivity contribution is 9.10. The minimum Gasteiger partial charge on any atom is -0.394 e. The number of benzene rings is 1. The first-order valence-corrected chi connectivity index (χ1v) is 8.08. The molecule has 0 radical (unpaired) electrons. The van der Waals surface area contributed by atoms with Crippen LogP contribution in [0.2, 0.25) is 0 Å². The van der Waals surface area contributed by atoms with Crippen LogP contribution in [0, 0.1) is 0 Å².